The van der Waals surface area contributed by atoms with E-state index in [-0.39, 0.29) is 23.1 Å². The van der Waals surface area contributed by atoms with E-state index >= 15 is 0 Å². The molecule has 1 aliphatic rings. The first-order valence-electron chi connectivity index (χ1n) is 7.81. The number of piperidine rings is 1. The summed E-state index contributed by atoms with van der Waals surface area (Å²) in [5.41, 5.74) is 0.479. The minimum absolute atomic E-state index is 0.0345. The number of hydrogen-bond donors (Lipinski definition) is 0. The smallest absolute Gasteiger partial charge is 0.285 e. The van der Waals surface area contributed by atoms with Crippen LogP contribution < -0.4 is 0 Å². The number of amides is 1. The summed E-state index contributed by atoms with van der Waals surface area (Å²) in [6.07, 6.45) is 1.64. The van der Waals surface area contributed by atoms with Crippen molar-refractivity contribution in [3.8, 4) is 0 Å². The molecule has 8 heteroatoms. The van der Waals surface area contributed by atoms with E-state index in [1.165, 1.54) is 6.07 Å². The lowest BCUT2D eigenvalue weighted by atomic mass is 9.96. The Kier molecular flexibility index (Phi) is 4.28. The monoisotopic (exact) mass is 330 g/mol. The van der Waals surface area contributed by atoms with Gasteiger partial charge in [-0.1, -0.05) is 17.3 Å². The molecule has 0 spiro atoms. The van der Waals surface area contributed by atoms with Gasteiger partial charge in [-0.3, -0.25) is 14.9 Å². The van der Waals surface area contributed by atoms with E-state index in [4.69, 9.17) is 4.52 Å². The van der Waals surface area contributed by atoms with Gasteiger partial charge in [-0.05, 0) is 32.8 Å². The third kappa shape index (κ3) is 2.99. The van der Waals surface area contributed by atoms with Gasteiger partial charge in [0.05, 0.1) is 10.8 Å². The van der Waals surface area contributed by atoms with Crippen LogP contribution in [0.25, 0.3) is 0 Å². The van der Waals surface area contributed by atoms with Crippen molar-refractivity contribution in [2.45, 2.75) is 32.6 Å². The van der Waals surface area contributed by atoms with E-state index in [1.54, 1.807) is 30.9 Å². The fraction of sp³-hybridized carbons (Fsp3) is 0.438. The molecule has 1 amide bonds. The Morgan fingerprint density at radius 1 is 1.42 bits per heavy atom. The van der Waals surface area contributed by atoms with Gasteiger partial charge in [-0.2, -0.15) is 4.98 Å². The summed E-state index contributed by atoms with van der Waals surface area (Å²) in [7, 11) is 0. The number of nitrogens with zero attached hydrogens (tertiary/aromatic N) is 4. The average molecular weight is 330 g/mol. The van der Waals surface area contributed by atoms with Gasteiger partial charge >= 0.3 is 0 Å². The Hall–Kier alpha value is -2.77. The molecule has 1 atom stereocenters. The molecule has 0 aliphatic carbocycles. The Morgan fingerprint density at radius 2 is 2.21 bits per heavy atom. The second kappa shape index (κ2) is 6.38. The number of rotatable bonds is 3. The third-order valence-electron chi connectivity index (χ3n) is 4.25. The summed E-state index contributed by atoms with van der Waals surface area (Å²) in [6.45, 7) is 4.36. The highest BCUT2D eigenvalue weighted by Gasteiger charge is 2.32. The van der Waals surface area contributed by atoms with Crippen molar-refractivity contribution in [1.29, 1.82) is 0 Å². The van der Waals surface area contributed by atoms with Crippen molar-refractivity contribution < 1.29 is 14.2 Å². The molecular formula is C16H18N4O4. The topological polar surface area (TPSA) is 102 Å². The summed E-state index contributed by atoms with van der Waals surface area (Å²) in [5.74, 6) is 0.714. The molecule has 0 bridgehead atoms. The molecular weight excluding hydrogens is 312 g/mol. The maximum Gasteiger partial charge on any atom is 0.285 e. The van der Waals surface area contributed by atoms with Crippen LogP contribution >= 0.6 is 0 Å². The molecule has 0 unspecified atom stereocenters. The van der Waals surface area contributed by atoms with Crippen LogP contribution in [0.2, 0.25) is 0 Å². The van der Waals surface area contributed by atoms with Crippen LogP contribution in [0.3, 0.4) is 0 Å². The molecule has 0 saturated carbocycles. The first-order chi connectivity index (χ1) is 11.5. The number of nitro benzene ring substituents is 1. The second-order valence-corrected chi connectivity index (χ2v) is 6.00. The van der Waals surface area contributed by atoms with Crippen LogP contribution in [-0.4, -0.2) is 39.0 Å². The molecule has 1 saturated heterocycles. The van der Waals surface area contributed by atoms with Crippen molar-refractivity contribution in [2.75, 3.05) is 13.1 Å². The molecule has 24 heavy (non-hydrogen) atoms. The number of aryl methyl sites for hydroxylation is 2. The van der Waals surface area contributed by atoms with Gasteiger partial charge in [0.25, 0.3) is 11.6 Å². The summed E-state index contributed by atoms with van der Waals surface area (Å²) in [5, 5.41) is 15.1. The molecule has 1 fully saturated rings. The largest absolute Gasteiger partial charge is 0.339 e. The van der Waals surface area contributed by atoms with Crippen LogP contribution in [0.4, 0.5) is 5.69 Å². The van der Waals surface area contributed by atoms with Crippen molar-refractivity contribution in [1.82, 2.24) is 15.0 Å². The Labute approximate surface area is 138 Å². The van der Waals surface area contributed by atoms with E-state index in [1.807, 2.05) is 0 Å². The van der Waals surface area contributed by atoms with Crippen molar-refractivity contribution in [3.05, 3.63) is 51.2 Å². The zero-order chi connectivity index (χ0) is 17.3. The lowest BCUT2D eigenvalue weighted by Crippen LogP contribution is -2.39. The number of aromatic nitrogens is 2. The van der Waals surface area contributed by atoms with Crippen LogP contribution in [0, 0.1) is 24.0 Å². The number of benzene rings is 1. The first-order valence-corrected chi connectivity index (χ1v) is 7.81. The highest BCUT2D eigenvalue weighted by atomic mass is 16.6. The predicted octanol–water partition coefficient (Wildman–Crippen LogP) is 2.61. The summed E-state index contributed by atoms with van der Waals surface area (Å²) < 4.78 is 5.21. The van der Waals surface area contributed by atoms with Crippen molar-refractivity contribution in [2.24, 2.45) is 0 Å². The van der Waals surface area contributed by atoms with Crippen molar-refractivity contribution >= 4 is 11.6 Å². The highest BCUT2D eigenvalue weighted by Crippen LogP contribution is 2.29. The lowest BCUT2D eigenvalue weighted by Gasteiger charge is -2.31. The van der Waals surface area contributed by atoms with Crippen molar-refractivity contribution in [3.63, 3.8) is 0 Å². The minimum atomic E-state index is -0.495. The average Bonchev–Trinajstić information content (AvgIpc) is 3.00. The molecule has 126 valence electrons. The molecule has 0 radical (unpaired) electrons. The van der Waals surface area contributed by atoms with Crippen LogP contribution in [0.5, 0.6) is 0 Å². The van der Waals surface area contributed by atoms with Gasteiger partial charge in [0, 0.05) is 18.7 Å². The van der Waals surface area contributed by atoms with Crippen LogP contribution in [-0.2, 0) is 0 Å². The number of carbonyl (C=O) groups excluding carboxylic acids is 1. The minimum Gasteiger partial charge on any atom is -0.339 e. The van der Waals surface area contributed by atoms with Gasteiger partial charge in [-0.15, -0.1) is 0 Å². The zero-order valence-corrected chi connectivity index (χ0v) is 13.6. The van der Waals surface area contributed by atoms with Crippen LogP contribution in [0.1, 0.15) is 46.4 Å². The van der Waals surface area contributed by atoms with Gasteiger partial charge in [0.2, 0.25) is 5.89 Å². The fourth-order valence-corrected chi connectivity index (χ4v) is 3.09. The predicted molar refractivity (Wildman–Crippen MR) is 84.7 cm³/mol. The lowest BCUT2D eigenvalue weighted by molar-refractivity contribution is -0.385. The molecule has 8 nitrogen and oxygen atoms in total. The van der Waals surface area contributed by atoms with Gasteiger partial charge in [0.15, 0.2) is 5.82 Å². The zero-order valence-electron chi connectivity index (χ0n) is 13.6. The Morgan fingerprint density at radius 3 is 2.88 bits per heavy atom. The molecule has 2 aromatic rings. The SMILES string of the molecule is Cc1noc([C@H]2CCCN(C(=O)c3cccc(C)c3[N+](=O)[O-])C2)n1. The normalized spacial score (nSPS) is 17.8. The standard InChI is InChI=1S/C16H18N4O4/c1-10-5-3-7-13(14(10)20(22)23)16(21)19-8-4-6-12(9-19)15-17-11(2)18-24-15/h3,5,7,12H,4,6,8-9H2,1-2H3/t12-/m0/s1. The summed E-state index contributed by atoms with van der Waals surface area (Å²) in [4.78, 5) is 29.5. The summed E-state index contributed by atoms with van der Waals surface area (Å²) >= 11 is 0. The first kappa shape index (κ1) is 16.1. The number of nitro groups is 1. The van der Waals surface area contributed by atoms with E-state index in [2.05, 4.69) is 10.1 Å². The van der Waals surface area contributed by atoms with Gasteiger partial charge in [0.1, 0.15) is 5.56 Å². The molecule has 1 aromatic carbocycles. The second-order valence-electron chi connectivity index (χ2n) is 6.00. The maximum absolute atomic E-state index is 12.8. The number of likely N-dealkylation sites (tertiary alicyclic amines) is 1. The van der Waals surface area contributed by atoms with E-state index in [9.17, 15) is 14.9 Å². The highest BCUT2D eigenvalue weighted by molar-refractivity contribution is 5.98. The molecule has 3 rings (SSSR count). The van der Waals surface area contributed by atoms with Gasteiger partial charge < -0.3 is 9.42 Å². The number of hydrogen-bond acceptors (Lipinski definition) is 6. The van der Waals surface area contributed by atoms with E-state index in [0.29, 0.717) is 30.4 Å². The Bertz CT molecular complexity index is 786. The fourth-order valence-electron chi connectivity index (χ4n) is 3.09. The maximum atomic E-state index is 12.8. The number of para-hydroxylation sites is 1. The molecule has 0 N–H and O–H groups in total. The Balaban J connectivity index is 1.85. The molecule has 2 heterocycles. The van der Waals surface area contributed by atoms with E-state index < -0.39 is 4.92 Å². The number of carbonyl (C=O) groups is 1. The van der Waals surface area contributed by atoms with E-state index in [0.717, 1.165) is 12.8 Å². The summed E-state index contributed by atoms with van der Waals surface area (Å²) in [6, 6.07) is 4.81. The van der Waals surface area contributed by atoms with Gasteiger partial charge in [-0.25, -0.2) is 0 Å². The van der Waals surface area contributed by atoms with Crippen LogP contribution in [0.15, 0.2) is 22.7 Å². The molecule has 1 aromatic heterocycles. The quantitative estimate of drug-likeness (QED) is 0.633. The molecule has 1 aliphatic heterocycles. The third-order valence-corrected chi connectivity index (χ3v) is 4.25.